The van der Waals surface area contributed by atoms with Crippen LogP contribution in [0.3, 0.4) is 0 Å². The third-order valence-electron chi connectivity index (χ3n) is 15.1. The zero-order chi connectivity index (χ0) is 58.9. The Morgan fingerprint density at radius 3 is 1.20 bits per heavy atom. The van der Waals surface area contributed by atoms with Crippen molar-refractivity contribution in [2.45, 2.75) is 340 Å². The first-order chi connectivity index (χ1) is 39.6. The molecule has 0 spiro atoms. The third kappa shape index (κ3) is 46.5. The molecular formula is C69H120O12. The van der Waals surface area contributed by atoms with E-state index in [4.69, 9.17) is 23.7 Å². The Bertz CT molecular complexity index is 1640. The van der Waals surface area contributed by atoms with Crippen LogP contribution in [0.1, 0.15) is 303 Å². The van der Waals surface area contributed by atoms with E-state index in [0.717, 1.165) is 103 Å². The van der Waals surface area contributed by atoms with Gasteiger partial charge in [-0.05, 0) is 83.5 Å². The molecule has 1 fully saturated rings. The van der Waals surface area contributed by atoms with E-state index in [2.05, 4.69) is 81.5 Å². The lowest BCUT2D eigenvalue weighted by molar-refractivity contribution is -0.301. The molecular weight excluding hydrogens is 1020 g/mol. The van der Waals surface area contributed by atoms with E-state index in [-0.39, 0.29) is 25.9 Å². The molecule has 468 valence electrons. The molecule has 0 aromatic heterocycles. The van der Waals surface area contributed by atoms with Gasteiger partial charge in [-0.3, -0.25) is 14.4 Å². The van der Waals surface area contributed by atoms with Crippen LogP contribution in [-0.2, 0) is 42.9 Å². The topological polar surface area (TPSA) is 175 Å². The second-order valence-electron chi connectivity index (χ2n) is 22.7. The molecule has 0 saturated carbocycles. The van der Waals surface area contributed by atoms with E-state index in [1.807, 2.05) is 0 Å². The SMILES string of the molecule is CC/C=C\C/C=C\C/C=C\C/C=C\CCCCCCCCC(=O)OC1C(OCC(COC(=O)CCCCCCCCCCC/C=C\CCCCCCCC)OC(=O)CCCCCCCCCCCCCCC)OC(C(=O)O)C(O)C1O. The summed E-state index contributed by atoms with van der Waals surface area (Å²) >= 11 is 0. The van der Waals surface area contributed by atoms with Crippen LogP contribution >= 0.6 is 0 Å². The number of hydrogen-bond acceptors (Lipinski definition) is 11. The van der Waals surface area contributed by atoms with Gasteiger partial charge < -0.3 is 39.0 Å². The number of ether oxygens (including phenoxy) is 5. The Labute approximate surface area is 494 Å². The van der Waals surface area contributed by atoms with Crippen molar-refractivity contribution in [3.05, 3.63) is 60.8 Å². The minimum Gasteiger partial charge on any atom is -0.479 e. The zero-order valence-electron chi connectivity index (χ0n) is 51.8. The summed E-state index contributed by atoms with van der Waals surface area (Å²) < 4.78 is 28.5. The Morgan fingerprint density at radius 1 is 0.420 bits per heavy atom. The van der Waals surface area contributed by atoms with Crippen molar-refractivity contribution < 1.29 is 58.2 Å². The van der Waals surface area contributed by atoms with Crippen molar-refractivity contribution in [2.24, 2.45) is 0 Å². The number of rotatable bonds is 57. The highest BCUT2D eigenvalue weighted by Crippen LogP contribution is 2.27. The zero-order valence-corrected chi connectivity index (χ0v) is 51.8. The molecule has 0 aliphatic carbocycles. The lowest BCUT2D eigenvalue weighted by Gasteiger charge is -2.40. The van der Waals surface area contributed by atoms with Gasteiger partial charge >= 0.3 is 23.9 Å². The van der Waals surface area contributed by atoms with Gasteiger partial charge in [0.25, 0.3) is 0 Å². The summed E-state index contributed by atoms with van der Waals surface area (Å²) in [6, 6.07) is 0. The third-order valence-corrected chi connectivity index (χ3v) is 15.1. The van der Waals surface area contributed by atoms with Crippen molar-refractivity contribution in [3.8, 4) is 0 Å². The predicted octanol–water partition coefficient (Wildman–Crippen LogP) is 17.9. The summed E-state index contributed by atoms with van der Waals surface area (Å²) in [6.07, 6.45) is 58.9. The fourth-order valence-corrected chi connectivity index (χ4v) is 10.0. The minimum absolute atomic E-state index is 0.0450. The van der Waals surface area contributed by atoms with Gasteiger partial charge in [0.2, 0.25) is 0 Å². The fraction of sp³-hybridized carbons (Fsp3) is 0.797. The smallest absolute Gasteiger partial charge is 0.335 e. The maximum absolute atomic E-state index is 13.2. The van der Waals surface area contributed by atoms with E-state index in [1.54, 1.807) is 0 Å². The molecule has 0 radical (unpaired) electrons. The molecule has 0 aromatic rings. The molecule has 6 atom stereocenters. The van der Waals surface area contributed by atoms with Crippen LogP contribution in [-0.4, -0.2) is 89.2 Å². The van der Waals surface area contributed by atoms with Crippen molar-refractivity contribution in [1.29, 1.82) is 0 Å². The molecule has 1 saturated heterocycles. The molecule has 0 amide bonds. The van der Waals surface area contributed by atoms with Crippen LogP contribution in [0, 0.1) is 0 Å². The number of carbonyl (C=O) groups excluding carboxylic acids is 3. The molecule has 0 bridgehead atoms. The number of carbonyl (C=O) groups is 4. The Hall–Kier alpha value is -3.58. The van der Waals surface area contributed by atoms with Crippen molar-refractivity contribution in [1.82, 2.24) is 0 Å². The molecule has 12 heteroatoms. The van der Waals surface area contributed by atoms with Gasteiger partial charge in [0.05, 0.1) is 6.61 Å². The van der Waals surface area contributed by atoms with Crippen LogP contribution in [0.5, 0.6) is 0 Å². The van der Waals surface area contributed by atoms with Gasteiger partial charge in [-0.25, -0.2) is 4.79 Å². The predicted molar refractivity (Wildman–Crippen MR) is 331 cm³/mol. The van der Waals surface area contributed by atoms with Gasteiger partial charge in [0.15, 0.2) is 24.6 Å². The first-order valence-electron chi connectivity index (χ1n) is 33.3. The molecule has 6 unspecified atom stereocenters. The number of aliphatic carboxylic acids is 1. The molecule has 81 heavy (non-hydrogen) atoms. The Kier molecular flexibility index (Phi) is 53.0. The van der Waals surface area contributed by atoms with E-state index in [0.29, 0.717) is 19.3 Å². The second kappa shape index (κ2) is 56.9. The van der Waals surface area contributed by atoms with Gasteiger partial charge in [-0.1, -0.05) is 261 Å². The number of aliphatic hydroxyl groups is 2. The fourth-order valence-electron chi connectivity index (χ4n) is 10.0. The molecule has 3 N–H and O–H groups in total. The van der Waals surface area contributed by atoms with E-state index in [1.165, 1.54) is 141 Å². The first kappa shape index (κ1) is 75.4. The number of carboxylic acid groups (broad SMARTS) is 1. The molecule has 12 nitrogen and oxygen atoms in total. The van der Waals surface area contributed by atoms with E-state index < -0.39 is 67.3 Å². The number of allylic oxidation sites excluding steroid dienone is 10. The average molecular weight is 1140 g/mol. The maximum Gasteiger partial charge on any atom is 0.335 e. The van der Waals surface area contributed by atoms with Gasteiger partial charge in [-0.2, -0.15) is 0 Å². The molecule has 1 heterocycles. The highest BCUT2D eigenvalue weighted by atomic mass is 16.7. The van der Waals surface area contributed by atoms with Crippen LogP contribution < -0.4 is 0 Å². The normalized spacial score (nSPS) is 18.1. The summed E-state index contributed by atoms with van der Waals surface area (Å²) in [7, 11) is 0. The van der Waals surface area contributed by atoms with Crippen molar-refractivity contribution in [3.63, 3.8) is 0 Å². The number of esters is 3. The van der Waals surface area contributed by atoms with Gasteiger partial charge in [0.1, 0.15) is 18.8 Å². The van der Waals surface area contributed by atoms with Gasteiger partial charge in [-0.15, -0.1) is 0 Å². The Balaban J connectivity index is 2.63. The molecule has 0 aromatic carbocycles. The van der Waals surface area contributed by atoms with E-state index in [9.17, 15) is 34.5 Å². The second-order valence-corrected chi connectivity index (χ2v) is 22.7. The number of carboxylic acids is 1. The van der Waals surface area contributed by atoms with E-state index >= 15 is 0 Å². The molecule has 1 aliphatic heterocycles. The number of hydrogen-bond donors (Lipinski definition) is 3. The standard InChI is InChI=1S/C69H120O12/c1-4-7-10-13-16-19-22-25-27-29-31-33-35-38-40-43-46-49-52-55-61(70)77-58-60(79-62(71)56-53-50-47-44-41-37-24-21-18-15-12-9-6-3)59-78-69-67(65(74)64(73)66(81-69)68(75)76)80-63(72)57-54-51-48-45-42-39-36-34-32-30-28-26-23-20-17-14-11-8-5-2/h8,11,17,20,25-28,32,34,60,64-67,69,73-74H,4-7,9-10,12-16,18-19,21-24,29-31,33,35-59H2,1-3H3,(H,75,76)/b11-8-,20-17-,27-25-,28-26-,34-32-. The van der Waals surface area contributed by atoms with Crippen molar-refractivity contribution in [2.75, 3.05) is 13.2 Å². The highest BCUT2D eigenvalue weighted by molar-refractivity contribution is 5.74. The van der Waals surface area contributed by atoms with Crippen LogP contribution in [0.2, 0.25) is 0 Å². The first-order valence-corrected chi connectivity index (χ1v) is 33.3. The van der Waals surface area contributed by atoms with Crippen LogP contribution in [0.4, 0.5) is 0 Å². The molecule has 1 aliphatic rings. The van der Waals surface area contributed by atoms with Crippen LogP contribution in [0.15, 0.2) is 60.8 Å². The van der Waals surface area contributed by atoms with Gasteiger partial charge in [0, 0.05) is 19.3 Å². The largest absolute Gasteiger partial charge is 0.479 e. The Morgan fingerprint density at radius 2 is 0.778 bits per heavy atom. The number of aliphatic hydroxyl groups excluding tert-OH is 2. The summed E-state index contributed by atoms with van der Waals surface area (Å²) in [6.45, 7) is 5.91. The summed E-state index contributed by atoms with van der Waals surface area (Å²) in [5.74, 6) is -3.11. The van der Waals surface area contributed by atoms with Crippen LogP contribution in [0.25, 0.3) is 0 Å². The summed E-state index contributed by atoms with van der Waals surface area (Å²) in [5, 5.41) is 31.6. The quantitative estimate of drug-likeness (QED) is 0.0228. The average Bonchev–Trinajstić information content (AvgIpc) is 3.54. The minimum atomic E-state index is -1.91. The molecule has 1 rings (SSSR count). The maximum atomic E-state index is 13.2. The summed E-state index contributed by atoms with van der Waals surface area (Å²) in [5.41, 5.74) is 0. The van der Waals surface area contributed by atoms with Crippen molar-refractivity contribution >= 4 is 23.9 Å². The monoisotopic (exact) mass is 1140 g/mol. The lowest BCUT2D eigenvalue weighted by atomic mass is 9.98. The number of unbranched alkanes of at least 4 members (excludes halogenated alkanes) is 33. The highest BCUT2D eigenvalue weighted by Gasteiger charge is 2.50. The lowest BCUT2D eigenvalue weighted by Crippen LogP contribution is -2.61. The summed E-state index contributed by atoms with van der Waals surface area (Å²) in [4.78, 5) is 51.3.